The second-order valence-corrected chi connectivity index (χ2v) is 8.19. The minimum absolute atomic E-state index is 0.151. The van der Waals surface area contributed by atoms with Gasteiger partial charge in [0.1, 0.15) is 17.7 Å². The van der Waals surface area contributed by atoms with E-state index in [4.69, 9.17) is 4.79 Å². The first-order valence-corrected chi connectivity index (χ1v) is 12.2. The van der Waals surface area contributed by atoms with Gasteiger partial charge in [-0.3, -0.25) is 19.1 Å². The molecule has 1 amide bonds. The maximum absolute atomic E-state index is 12.9. The van der Waals surface area contributed by atoms with Crippen molar-refractivity contribution in [1.82, 2.24) is 35.5 Å². The molecule has 5 rings (SSSR count). The van der Waals surface area contributed by atoms with E-state index in [2.05, 4.69) is 44.1 Å². The van der Waals surface area contributed by atoms with Crippen LogP contribution in [0.4, 0.5) is 0 Å². The number of hydrogen-bond donors (Lipinski definition) is 2. The fraction of sp³-hybridized carbons (Fsp3) is 0.217. The Hall–Kier alpha value is -4.63. The highest BCUT2D eigenvalue weighted by atomic mass is 32.2. The SMILES string of the molecule is CC=O.CCNC(=O)c1cc2c(=O)n(Cc3cncc(C4=NS(=O)ON4)c3)cnc2cn1.Cc1ccno1. The third-order valence-electron chi connectivity index (χ3n) is 4.64. The third kappa shape index (κ3) is 7.44. The van der Waals surface area contributed by atoms with E-state index < -0.39 is 11.3 Å². The van der Waals surface area contributed by atoms with Gasteiger partial charge in [-0.1, -0.05) is 5.16 Å². The first-order chi connectivity index (χ1) is 18.4. The van der Waals surface area contributed by atoms with Crippen LogP contribution in [-0.2, 0) is 26.9 Å². The molecule has 0 bridgehead atoms. The Balaban J connectivity index is 0.000000380. The normalized spacial score (nSPS) is 13.8. The van der Waals surface area contributed by atoms with Gasteiger partial charge in [-0.05, 0) is 38.5 Å². The number of rotatable bonds is 5. The van der Waals surface area contributed by atoms with Crippen LogP contribution in [0.25, 0.3) is 10.9 Å². The molecule has 1 aliphatic heterocycles. The van der Waals surface area contributed by atoms with Crippen LogP contribution < -0.4 is 16.4 Å². The second-order valence-electron chi connectivity index (χ2n) is 7.41. The van der Waals surface area contributed by atoms with Gasteiger partial charge in [0.2, 0.25) is 0 Å². The zero-order chi connectivity index (χ0) is 27.5. The maximum Gasteiger partial charge on any atom is 0.309 e. The van der Waals surface area contributed by atoms with Gasteiger partial charge in [-0.2, -0.15) is 4.28 Å². The van der Waals surface area contributed by atoms with Gasteiger partial charge in [0, 0.05) is 30.6 Å². The number of aromatic nitrogens is 5. The van der Waals surface area contributed by atoms with Crippen molar-refractivity contribution in [1.29, 1.82) is 0 Å². The maximum atomic E-state index is 12.9. The fourth-order valence-electron chi connectivity index (χ4n) is 3.03. The monoisotopic (exact) mass is 540 g/mol. The molecule has 0 fully saturated rings. The number of nitrogens with zero attached hydrogens (tertiary/aromatic N) is 6. The summed E-state index contributed by atoms with van der Waals surface area (Å²) in [6.07, 6.45) is 8.31. The van der Waals surface area contributed by atoms with Crippen LogP contribution in [0.15, 0.2) is 63.0 Å². The highest BCUT2D eigenvalue weighted by Gasteiger charge is 2.16. The van der Waals surface area contributed by atoms with Crippen molar-refractivity contribution in [3.05, 3.63) is 82.2 Å². The summed E-state index contributed by atoms with van der Waals surface area (Å²) in [7, 11) is 0. The number of hydroxylamine groups is 1. The minimum Gasteiger partial charge on any atom is -0.362 e. The van der Waals surface area contributed by atoms with E-state index in [1.165, 1.54) is 36.3 Å². The Morgan fingerprint density at radius 1 is 1.24 bits per heavy atom. The number of aryl methyl sites for hydroxylation is 1. The lowest BCUT2D eigenvalue weighted by atomic mass is 10.2. The molecule has 198 valence electrons. The highest BCUT2D eigenvalue weighted by Crippen LogP contribution is 2.11. The summed E-state index contributed by atoms with van der Waals surface area (Å²) >= 11 is -1.78. The Morgan fingerprint density at radius 3 is 2.63 bits per heavy atom. The number of carbonyl (C=O) groups excluding carboxylic acids is 2. The van der Waals surface area contributed by atoms with Crippen LogP contribution >= 0.6 is 0 Å². The van der Waals surface area contributed by atoms with Crippen LogP contribution in [0, 0.1) is 6.92 Å². The molecule has 1 aliphatic rings. The lowest BCUT2D eigenvalue weighted by molar-refractivity contribution is -0.106. The van der Waals surface area contributed by atoms with Crippen molar-refractivity contribution in [2.75, 3.05) is 6.54 Å². The van der Waals surface area contributed by atoms with Gasteiger partial charge in [0.15, 0.2) is 5.84 Å². The second kappa shape index (κ2) is 13.6. The lowest BCUT2D eigenvalue weighted by Gasteiger charge is -2.08. The number of carbonyl (C=O) groups is 2. The standard InChI is InChI=1S/C17H15N7O4S.C4H5NO.C2H4O/c1-2-19-16(25)13-4-12-14(7-20-13)21-9-24(17(12)26)8-10-3-11(6-18-5-10)15-22-28-29(27)23-15;1-4-2-3-5-6-4;1-2-3/h3-7,9H,2,8H2,1H3,(H,19,25)(H,22,23);2-3H,1H3;2H,1H3. The summed E-state index contributed by atoms with van der Waals surface area (Å²) in [5.41, 5.74) is 3.97. The average Bonchev–Trinajstić information content (AvgIpc) is 3.58. The summed E-state index contributed by atoms with van der Waals surface area (Å²) in [6.45, 7) is 5.75. The fourth-order valence-corrected chi connectivity index (χ4v) is 3.51. The third-order valence-corrected chi connectivity index (χ3v) is 5.20. The Bertz CT molecular complexity index is 1520. The van der Waals surface area contributed by atoms with Crippen LogP contribution in [0.1, 0.15) is 41.2 Å². The average molecular weight is 541 g/mol. The zero-order valence-corrected chi connectivity index (χ0v) is 21.5. The van der Waals surface area contributed by atoms with Gasteiger partial charge < -0.3 is 14.6 Å². The molecule has 38 heavy (non-hydrogen) atoms. The molecule has 1 unspecified atom stereocenters. The molecule has 14 nitrogen and oxygen atoms in total. The van der Waals surface area contributed by atoms with Gasteiger partial charge in [0.05, 0.1) is 36.2 Å². The van der Waals surface area contributed by atoms with E-state index in [0.29, 0.717) is 34.4 Å². The van der Waals surface area contributed by atoms with Gasteiger partial charge in [-0.15, -0.1) is 4.40 Å². The Morgan fingerprint density at radius 2 is 2.03 bits per heavy atom. The molecule has 0 saturated heterocycles. The first kappa shape index (κ1) is 27.9. The van der Waals surface area contributed by atoms with Crippen molar-refractivity contribution in [3.63, 3.8) is 0 Å². The summed E-state index contributed by atoms with van der Waals surface area (Å²) in [5, 5.41) is 6.39. The van der Waals surface area contributed by atoms with Crippen molar-refractivity contribution in [3.8, 4) is 0 Å². The molecule has 0 spiro atoms. The van der Waals surface area contributed by atoms with Crippen molar-refractivity contribution >= 4 is 40.2 Å². The van der Waals surface area contributed by atoms with Crippen LogP contribution in [-0.4, -0.2) is 53.5 Å². The number of aldehydes is 1. The summed E-state index contributed by atoms with van der Waals surface area (Å²) in [6, 6.07) is 4.98. The van der Waals surface area contributed by atoms with Gasteiger partial charge in [0.25, 0.3) is 11.5 Å². The largest absolute Gasteiger partial charge is 0.362 e. The molecule has 0 aliphatic carbocycles. The summed E-state index contributed by atoms with van der Waals surface area (Å²) in [5.74, 6) is 0.792. The van der Waals surface area contributed by atoms with Gasteiger partial charge in [-0.25, -0.2) is 19.7 Å². The molecule has 5 heterocycles. The predicted octanol–water partition coefficient (Wildman–Crippen LogP) is 1.03. The molecular formula is C23H24N8O6S. The zero-order valence-electron chi connectivity index (χ0n) is 20.7. The molecule has 1 atom stereocenters. The van der Waals surface area contributed by atoms with E-state index >= 15 is 0 Å². The molecular weight excluding hydrogens is 516 g/mol. The topological polar surface area (TPSA) is 184 Å². The molecule has 0 radical (unpaired) electrons. The van der Waals surface area contributed by atoms with Crippen LogP contribution in [0.2, 0.25) is 0 Å². The van der Waals surface area contributed by atoms with Gasteiger partial charge >= 0.3 is 11.3 Å². The lowest BCUT2D eigenvalue weighted by Crippen LogP contribution is -2.25. The number of amides is 1. The molecule has 4 aromatic heterocycles. The van der Waals surface area contributed by atoms with Crippen molar-refractivity contribution in [2.24, 2.45) is 4.40 Å². The summed E-state index contributed by atoms with van der Waals surface area (Å²) in [4.78, 5) is 46.1. The Kier molecular flexibility index (Phi) is 10.0. The smallest absolute Gasteiger partial charge is 0.309 e. The van der Waals surface area contributed by atoms with Crippen molar-refractivity contribution < 1.29 is 22.6 Å². The molecule has 2 N–H and O–H groups in total. The predicted molar refractivity (Wildman–Crippen MR) is 137 cm³/mol. The van der Waals surface area contributed by atoms with E-state index in [0.717, 1.165) is 12.0 Å². The number of hydrogen-bond acceptors (Lipinski definition) is 11. The number of pyridine rings is 2. The van der Waals surface area contributed by atoms with E-state index in [1.807, 2.05) is 6.92 Å². The molecule has 15 heteroatoms. The first-order valence-electron chi connectivity index (χ1n) is 11.1. The number of amidine groups is 1. The van der Waals surface area contributed by atoms with Crippen LogP contribution in [0.5, 0.6) is 0 Å². The van der Waals surface area contributed by atoms with E-state index in [9.17, 15) is 13.8 Å². The number of nitrogens with one attached hydrogen (secondary N) is 2. The van der Waals surface area contributed by atoms with E-state index in [-0.39, 0.29) is 23.7 Å². The summed E-state index contributed by atoms with van der Waals surface area (Å²) < 4.78 is 25.7. The molecule has 0 saturated carbocycles. The minimum atomic E-state index is -1.78. The Labute approximate surface area is 218 Å². The van der Waals surface area contributed by atoms with Crippen LogP contribution in [0.3, 0.4) is 0 Å². The molecule has 4 aromatic rings. The quantitative estimate of drug-likeness (QED) is 0.345. The highest BCUT2D eigenvalue weighted by molar-refractivity contribution is 7.79. The number of fused-ring (bicyclic) bond motifs is 1. The molecule has 0 aromatic carbocycles. The van der Waals surface area contributed by atoms with E-state index in [1.54, 1.807) is 31.5 Å². The van der Waals surface area contributed by atoms with Crippen molar-refractivity contribution in [2.45, 2.75) is 27.3 Å².